The number of nitrogens with two attached hydrogens (primary N) is 4. The van der Waals surface area contributed by atoms with Crippen LogP contribution in [0.15, 0.2) is 12.5 Å². The summed E-state index contributed by atoms with van der Waals surface area (Å²) >= 11 is 1.60. The van der Waals surface area contributed by atoms with Gasteiger partial charge in [-0.15, -0.1) is 0 Å². The minimum absolute atomic E-state index is 0.287. The molecule has 0 aliphatic rings. The average molecular weight is 451 g/mol. The van der Waals surface area contributed by atoms with Crippen LogP contribution in [0, 0.1) is 0 Å². The zero-order valence-corrected chi connectivity index (χ0v) is 17.9. The molecule has 12 N–H and O–H groups in total. The molecule has 0 unspecified atom stereocenters. The van der Waals surface area contributed by atoms with Crippen molar-refractivity contribution >= 4 is 29.7 Å². The first-order valence-electron chi connectivity index (χ1n) is 9.18. The molecule has 1 aromatic rings. The van der Waals surface area contributed by atoms with Crippen LogP contribution in [-0.4, -0.2) is 79.9 Å². The van der Waals surface area contributed by atoms with Gasteiger partial charge in [0.1, 0.15) is 18.1 Å². The number of nitrogens with zero attached hydrogens (tertiary/aromatic N) is 1. The van der Waals surface area contributed by atoms with Crippen LogP contribution in [-0.2, 0) is 20.8 Å². The van der Waals surface area contributed by atoms with Gasteiger partial charge in [0, 0.05) is 18.3 Å². The van der Waals surface area contributed by atoms with E-state index >= 15 is 0 Å². The topological polar surface area (TPSA) is 245 Å². The number of H-pyrrole nitrogens is 1. The van der Waals surface area contributed by atoms with Crippen LogP contribution in [0.1, 0.15) is 31.4 Å². The molecule has 1 aromatic heterocycles. The summed E-state index contributed by atoms with van der Waals surface area (Å²) in [6.07, 6.45) is 7.98. The molecule has 1 heterocycles. The number of aromatic amines is 1. The van der Waals surface area contributed by atoms with E-state index in [1.54, 1.807) is 18.0 Å². The Bertz CT molecular complexity index is 589. The van der Waals surface area contributed by atoms with Crippen LogP contribution >= 0.6 is 11.8 Å². The lowest BCUT2D eigenvalue weighted by atomic mass is 10.1. The van der Waals surface area contributed by atoms with E-state index in [1.807, 2.05) is 6.26 Å². The fourth-order valence-electron chi connectivity index (χ4n) is 1.72. The summed E-state index contributed by atoms with van der Waals surface area (Å²) in [4.78, 5) is 37.0. The van der Waals surface area contributed by atoms with Gasteiger partial charge in [-0.05, 0) is 37.8 Å². The quantitative estimate of drug-likeness (QED) is 0.179. The van der Waals surface area contributed by atoms with Gasteiger partial charge in [0.15, 0.2) is 0 Å². The van der Waals surface area contributed by atoms with E-state index in [0.29, 0.717) is 19.4 Å². The van der Waals surface area contributed by atoms with Crippen LogP contribution in [0.4, 0.5) is 0 Å². The maximum absolute atomic E-state index is 10.3. The molecule has 0 saturated carbocycles. The summed E-state index contributed by atoms with van der Waals surface area (Å²) in [5.41, 5.74) is 21.6. The van der Waals surface area contributed by atoms with E-state index in [0.717, 1.165) is 24.3 Å². The minimum Gasteiger partial charge on any atom is -0.480 e. The molecule has 13 heteroatoms. The summed E-state index contributed by atoms with van der Waals surface area (Å²) in [7, 11) is 0. The second kappa shape index (κ2) is 18.8. The number of hydrogen-bond donors (Lipinski definition) is 8. The number of aliphatic carboxylic acids is 3. The molecule has 174 valence electrons. The van der Waals surface area contributed by atoms with Crippen molar-refractivity contribution in [2.75, 3.05) is 18.6 Å². The summed E-state index contributed by atoms with van der Waals surface area (Å²) in [5.74, 6) is -2.03. The van der Waals surface area contributed by atoms with Crippen molar-refractivity contribution < 1.29 is 29.7 Å². The third-order valence-corrected chi connectivity index (χ3v) is 4.19. The molecule has 0 spiro atoms. The first kappa shape index (κ1) is 30.0. The van der Waals surface area contributed by atoms with Gasteiger partial charge in [-0.1, -0.05) is 6.42 Å². The van der Waals surface area contributed by atoms with Gasteiger partial charge in [-0.2, -0.15) is 11.8 Å². The molecule has 3 atom stereocenters. The van der Waals surface area contributed by atoms with Crippen LogP contribution in [0.25, 0.3) is 0 Å². The molecule has 0 bridgehead atoms. The Kier molecular flexibility index (Phi) is 18.8. The predicted molar refractivity (Wildman–Crippen MR) is 115 cm³/mol. The Hall–Kier alpha value is -2.19. The molecule has 0 aromatic carbocycles. The predicted octanol–water partition coefficient (Wildman–Crippen LogP) is -0.957. The van der Waals surface area contributed by atoms with Crippen molar-refractivity contribution in [3.05, 3.63) is 18.2 Å². The molecule has 0 aliphatic heterocycles. The van der Waals surface area contributed by atoms with Gasteiger partial charge < -0.3 is 43.2 Å². The normalized spacial score (nSPS) is 13.0. The second-order valence-corrected chi connectivity index (χ2v) is 7.17. The van der Waals surface area contributed by atoms with Gasteiger partial charge in [0.2, 0.25) is 0 Å². The third kappa shape index (κ3) is 17.9. The Morgan fingerprint density at radius 2 is 1.53 bits per heavy atom. The highest BCUT2D eigenvalue weighted by Gasteiger charge is 2.12. The number of unbranched alkanes of at least 4 members (excludes halogenated alkanes) is 1. The highest BCUT2D eigenvalue weighted by atomic mass is 32.2. The van der Waals surface area contributed by atoms with Crippen molar-refractivity contribution in [3.63, 3.8) is 0 Å². The van der Waals surface area contributed by atoms with Crippen molar-refractivity contribution in [1.82, 2.24) is 9.97 Å². The van der Waals surface area contributed by atoms with Crippen LogP contribution in [0.2, 0.25) is 0 Å². The monoisotopic (exact) mass is 450 g/mol. The first-order chi connectivity index (χ1) is 14.1. The zero-order valence-electron chi connectivity index (χ0n) is 17.1. The Balaban J connectivity index is 0. The average Bonchev–Trinajstić information content (AvgIpc) is 3.19. The maximum Gasteiger partial charge on any atom is 0.320 e. The van der Waals surface area contributed by atoms with Crippen molar-refractivity contribution in [2.45, 2.75) is 50.2 Å². The summed E-state index contributed by atoms with van der Waals surface area (Å²) in [6, 6.07) is -2.25. The fraction of sp³-hybridized carbons (Fsp3) is 0.647. The minimum atomic E-state index is -1.00. The molecule has 0 amide bonds. The van der Waals surface area contributed by atoms with Crippen LogP contribution in [0.3, 0.4) is 0 Å². The lowest BCUT2D eigenvalue weighted by Crippen LogP contribution is -2.32. The molecule has 1 rings (SSSR count). The number of nitrogens with one attached hydrogen (secondary N) is 1. The number of imidazole rings is 1. The summed E-state index contributed by atoms with van der Waals surface area (Å²) < 4.78 is 0. The van der Waals surface area contributed by atoms with E-state index in [2.05, 4.69) is 9.97 Å². The standard InChI is InChI=1S/C6H9N3O2.C6H14N2O2.C5H11NO2S/c7-5(6(10)11)1-4-2-8-3-9-4;7-4-2-1-3-5(8)6(9)10;1-9-3-2-4(6)5(7)8/h2-3,5H,1,7H2,(H,8,9)(H,10,11);5H,1-4,7-8H2,(H,9,10);4H,2-3,6H2,1H3,(H,7,8)/t2*5-;4-/m000/s1. The lowest BCUT2D eigenvalue weighted by molar-refractivity contribution is -0.139. The van der Waals surface area contributed by atoms with E-state index in [4.69, 9.17) is 38.3 Å². The smallest absolute Gasteiger partial charge is 0.320 e. The molecule has 0 fully saturated rings. The number of thioether (sulfide) groups is 1. The SMILES string of the molecule is CSCC[C@H](N)C(=O)O.NCCCC[C@H](N)C(=O)O.N[C@@H](Cc1cnc[nH]1)C(=O)O. The van der Waals surface area contributed by atoms with E-state index in [-0.39, 0.29) is 6.42 Å². The van der Waals surface area contributed by atoms with Crippen LogP contribution in [0.5, 0.6) is 0 Å². The molecule has 0 radical (unpaired) electrons. The van der Waals surface area contributed by atoms with Crippen molar-refractivity contribution in [1.29, 1.82) is 0 Å². The Morgan fingerprint density at radius 1 is 1.00 bits per heavy atom. The second-order valence-electron chi connectivity index (χ2n) is 6.18. The Morgan fingerprint density at radius 3 is 1.93 bits per heavy atom. The molecule has 0 aliphatic carbocycles. The maximum atomic E-state index is 10.3. The van der Waals surface area contributed by atoms with Gasteiger partial charge >= 0.3 is 17.9 Å². The molecular weight excluding hydrogens is 416 g/mol. The number of aromatic nitrogens is 2. The Labute approximate surface area is 179 Å². The van der Waals surface area contributed by atoms with Gasteiger partial charge in [-0.3, -0.25) is 14.4 Å². The highest BCUT2D eigenvalue weighted by molar-refractivity contribution is 7.98. The van der Waals surface area contributed by atoms with Crippen molar-refractivity contribution in [2.24, 2.45) is 22.9 Å². The molecule has 30 heavy (non-hydrogen) atoms. The highest BCUT2D eigenvalue weighted by Crippen LogP contribution is 1.98. The van der Waals surface area contributed by atoms with Gasteiger partial charge in [-0.25, -0.2) is 4.98 Å². The summed E-state index contributed by atoms with van der Waals surface area (Å²) in [5, 5.41) is 25.0. The number of carboxylic acid groups (broad SMARTS) is 3. The molecular formula is C17H34N6O6S. The van der Waals surface area contributed by atoms with E-state index in [9.17, 15) is 14.4 Å². The lowest BCUT2D eigenvalue weighted by Gasteiger charge is -2.03. The van der Waals surface area contributed by atoms with E-state index in [1.165, 1.54) is 6.33 Å². The number of carbonyl (C=O) groups is 3. The largest absolute Gasteiger partial charge is 0.480 e. The zero-order chi connectivity index (χ0) is 23.5. The van der Waals surface area contributed by atoms with Gasteiger partial charge in [0.25, 0.3) is 0 Å². The number of carboxylic acids is 3. The first-order valence-corrected chi connectivity index (χ1v) is 10.6. The number of hydrogen-bond acceptors (Lipinski definition) is 9. The van der Waals surface area contributed by atoms with Crippen LogP contribution < -0.4 is 22.9 Å². The van der Waals surface area contributed by atoms with Crippen molar-refractivity contribution in [3.8, 4) is 0 Å². The summed E-state index contributed by atoms with van der Waals surface area (Å²) in [6.45, 7) is 0.604. The molecule has 12 nitrogen and oxygen atoms in total. The molecule has 0 saturated heterocycles. The number of rotatable bonds is 12. The van der Waals surface area contributed by atoms with Gasteiger partial charge in [0.05, 0.1) is 6.33 Å². The fourth-order valence-corrected chi connectivity index (χ4v) is 2.21. The third-order valence-electron chi connectivity index (χ3n) is 3.55. The van der Waals surface area contributed by atoms with E-state index < -0.39 is 36.0 Å².